The zero-order chi connectivity index (χ0) is 18.1. The van der Waals surface area contributed by atoms with Crippen LogP contribution in [0.5, 0.6) is 11.5 Å². The van der Waals surface area contributed by atoms with Gasteiger partial charge in [0.15, 0.2) is 16.6 Å². The van der Waals surface area contributed by atoms with E-state index in [9.17, 15) is 4.79 Å². The van der Waals surface area contributed by atoms with Gasteiger partial charge in [-0.2, -0.15) is 0 Å². The first-order valence-corrected chi connectivity index (χ1v) is 9.24. The lowest BCUT2D eigenvalue weighted by atomic mass is 10.1. The Labute approximate surface area is 155 Å². The summed E-state index contributed by atoms with van der Waals surface area (Å²) >= 11 is 1.39. The zero-order valence-corrected chi connectivity index (χ0v) is 15.2. The number of aromatic nitrogens is 1. The molecule has 0 radical (unpaired) electrons. The number of fused-ring (bicyclic) bond motifs is 1. The van der Waals surface area contributed by atoms with E-state index in [-0.39, 0.29) is 12.0 Å². The number of amides is 1. The number of nitrogens with one attached hydrogen (secondary N) is 1. The van der Waals surface area contributed by atoms with Crippen molar-refractivity contribution in [1.82, 2.24) is 4.98 Å². The van der Waals surface area contributed by atoms with E-state index in [2.05, 4.69) is 16.4 Å². The number of benzene rings is 2. The summed E-state index contributed by atoms with van der Waals surface area (Å²) in [4.78, 5) is 17.2. The molecule has 5 nitrogen and oxygen atoms in total. The van der Waals surface area contributed by atoms with E-state index in [1.807, 2.05) is 55.6 Å². The summed E-state index contributed by atoms with van der Waals surface area (Å²) in [5.41, 5.74) is 3.04. The van der Waals surface area contributed by atoms with Crippen LogP contribution in [0.4, 0.5) is 5.13 Å². The minimum absolute atomic E-state index is 0.267. The molecule has 6 heteroatoms. The zero-order valence-electron chi connectivity index (χ0n) is 14.4. The van der Waals surface area contributed by atoms with Crippen molar-refractivity contribution in [2.45, 2.75) is 26.1 Å². The van der Waals surface area contributed by atoms with Gasteiger partial charge in [-0.15, -0.1) is 11.3 Å². The highest BCUT2D eigenvalue weighted by Gasteiger charge is 2.34. The van der Waals surface area contributed by atoms with Gasteiger partial charge in [0.05, 0.1) is 5.69 Å². The molecule has 0 fully saturated rings. The minimum Gasteiger partial charge on any atom is -0.482 e. The van der Waals surface area contributed by atoms with E-state index in [0.29, 0.717) is 16.6 Å². The molecule has 4 rings (SSSR count). The van der Waals surface area contributed by atoms with E-state index < -0.39 is 6.10 Å². The first-order valence-electron chi connectivity index (χ1n) is 8.36. The minimum atomic E-state index is -0.726. The fourth-order valence-electron chi connectivity index (χ4n) is 2.85. The molecule has 3 aromatic rings. The molecule has 1 aliphatic heterocycles. The number of anilines is 1. The molecule has 0 saturated carbocycles. The Morgan fingerprint density at radius 1 is 1.12 bits per heavy atom. The predicted molar refractivity (Wildman–Crippen MR) is 102 cm³/mol. The maximum atomic E-state index is 12.6. The van der Waals surface area contributed by atoms with Crippen molar-refractivity contribution in [2.75, 3.05) is 5.32 Å². The molecule has 2 heterocycles. The molecule has 2 unspecified atom stereocenters. The average Bonchev–Trinajstić information content (AvgIpc) is 3.09. The van der Waals surface area contributed by atoms with Gasteiger partial charge in [0.25, 0.3) is 5.91 Å². The van der Waals surface area contributed by atoms with Crippen LogP contribution in [0.15, 0.2) is 53.9 Å². The van der Waals surface area contributed by atoms with Gasteiger partial charge in [-0.3, -0.25) is 10.1 Å². The van der Waals surface area contributed by atoms with Gasteiger partial charge in [-0.25, -0.2) is 4.98 Å². The molecule has 2 aromatic carbocycles. The number of aryl methyl sites for hydroxylation is 1. The predicted octanol–water partition coefficient (Wildman–Crippen LogP) is 4.29. The molecule has 0 aliphatic carbocycles. The molecule has 132 valence electrons. The lowest BCUT2D eigenvalue weighted by Gasteiger charge is -2.30. The van der Waals surface area contributed by atoms with Gasteiger partial charge in [-0.1, -0.05) is 35.9 Å². The number of hydrogen-bond acceptors (Lipinski definition) is 5. The van der Waals surface area contributed by atoms with Crippen LogP contribution in [-0.4, -0.2) is 23.1 Å². The Kier molecular flexibility index (Phi) is 4.34. The van der Waals surface area contributed by atoms with Gasteiger partial charge in [-0.05, 0) is 32.0 Å². The molecule has 0 bridgehead atoms. The second-order valence-electron chi connectivity index (χ2n) is 6.20. The van der Waals surface area contributed by atoms with Crippen molar-refractivity contribution in [1.29, 1.82) is 0 Å². The van der Waals surface area contributed by atoms with Crippen molar-refractivity contribution in [3.05, 3.63) is 59.5 Å². The number of para-hydroxylation sites is 2. The quantitative estimate of drug-likeness (QED) is 0.751. The molecule has 0 saturated heterocycles. The number of thiazole rings is 1. The smallest absolute Gasteiger partial charge is 0.271 e. The van der Waals surface area contributed by atoms with Crippen LogP contribution in [-0.2, 0) is 4.79 Å². The Bertz CT molecular complexity index is 953. The monoisotopic (exact) mass is 366 g/mol. The highest BCUT2D eigenvalue weighted by Crippen LogP contribution is 2.34. The molecule has 1 amide bonds. The van der Waals surface area contributed by atoms with Crippen molar-refractivity contribution in [3.8, 4) is 22.8 Å². The largest absolute Gasteiger partial charge is 0.482 e. The van der Waals surface area contributed by atoms with E-state index >= 15 is 0 Å². The molecular weight excluding hydrogens is 348 g/mol. The Hall–Kier alpha value is -2.86. The SMILES string of the molecule is Cc1cccc(-c2csc(NC(=O)C3Oc4ccccc4OC3C)n2)c1. The van der Waals surface area contributed by atoms with Crippen LogP contribution in [0.1, 0.15) is 12.5 Å². The van der Waals surface area contributed by atoms with Crippen molar-refractivity contribution >= 4 is 22.4 Å². The van der Waals surface area contributed by atoms with Crippen molar-refractivity contribution in [2.24, 2.45) is 0 Å². The average molecular weight is 366 g/mol. The van der Waals surface area contributed by atoms with Gasteiger partial charge in [0.2, 0.25) is 6.10 Å². The molecule has 0 spiro atoms. The third-order valence-corrected chi connectivity index (χ3v) is 4.91. The topological polar surface area (TPSA) is 60.5 Å². The van der Waals surface area contributed by atoms with Gasteiger partial charge in [0, 0.05) is 10.9 Å². The summed E-state index contributed by atoms with van der Waals surface area (Å²) in [6.07, 6.45) is -1.11. The summed E-state index contributed by atoms with van der Waals surface area (Å²) in [5.74, 6) is 0.961. The lowest BCUT2D eigenvalue weighted by molar-refractivity contribution is -0.128. The normalized spacial score (nSPS) is 18.4. The van der Waals surface area contributed by atoms with E-state index in [1.54, 1.807) is 6.07 Å². The van der Waals surface area contributed by atoms with Crippen LogP contribution < -0.4 is 14.8 Å². The molecule has 1 N–H and O–H groups in total. The van der Waals surface area contributed by atoms with E-state index in [4.69, 9.17) is 9.47 Å². The van der Waals surface area contributed by atoms with E-state index in [0.717, 1.165) is 11.3 Å². The fraction of sp³-hybridized carbons (Fsp3) is 0.200. The van der Waals surface area contributed by atoms with Gasteiger partial charge < -0.3 is 9.47 Å². The number of rotatable bonds is 3. The maximum Gasteiger partial charge on any atom is 0.271 e. The maximum absolute atomic E-state index is 12.6. The van der Waals surface area contributed by atoms with Crippen LogP contribution in [0.2, 0.25) is 0 Å². The summed E-state index contributed by atoms with van der Waals surface area (Å²) in [7, 11) is 0. The highest BCUT2D eigenvalue weighted by atomic mass is 32.1. The van der Waals surface area contributed by atoms with Crippen LogP contribution >= 0.6 is 11.3 Å². The Morgan fingerprint density at radius 3 is 2.65 bits per heavy atom. The third-order valence-electron chi connectivity index (χ3n) is 4.15. The van der Waals surface area contributed by atoms with Crippen LogP contribution in [0.3, 0.4) is 0 Å². The van der Waals surface area contributed by atoms with Crippen molar-refractivity contribution in [3.63, 3.8) is 0 Å². The second kappa shape index (κ2) is 6.80. The summed E-state index contributed by atoms with van der Waals surface area (Å²) in [5, 5.41) is 5.32. The molecule has 2 atom stereocenters. The van der Waals surface area contributed by atoms with Crippen molar-refractivity contribution < 1.29 is 14.3 Å². The Morgan fingerprint density at radius 2 is 1.88 bits per heavy atom. The summed E-state index contributed by atoms with van der Waals surface area (Å²) in [6.45, 7) is 3.86. The molecule has 1 aromatic heterocycles. The van der Waals surface area contributed by atoms with Gasteiger partial charge >= 0.3 is 0 Å². The summed E-state index contributed by atoms with van der Waals surface area (Å²) < 4.78 is 11.6. The number of carbonyl (C=O) groups excluding carboxylic acids is 1. The van der Waals surface area contributed by atoms with Crippen LogP contribution in [0.25, 0.3) is 11.3 Å². The fourth-order valence-corrected chi connectivity index (χ4v) is 3.57. The van der Waals surface area contributed by atoms with E-state index in [1.165, 1.54) is 16.9 Å². The second-order valence-corrected chi connectivity index (χ2v) is 7.06. The molecule has 1 aliphatic rings. The standard InChI is InChI=1S/C20H18N2O3S/c1-12-6-5-7-14(10-12)15-11-26-20(21-15)22-19(23)18-13(2)24-16-8-3-4-9-17(16)25-18/h3-11,13,18H,1-2H3,(H,21,22,23). The number of ether oxygens (including phenoxy) is 2. The number of hydrogen-bond donors (Lipinski definition) is 1. The highest BCUT2D eigenvalue weighted by molar-refractivity contribution is 7.14. The number of nitrogens with zero attached hydrogens (tertiary/aromatic N) is 1. The first kappa shape index (κ1) is 16.6. The third kappa shape index (κ3) is 3.28. The summed E-state index contributed by atoms with van der Waals surface area (Å²) in [6, 6.07) is 15.4. The first-order chi connectivity index (χ1) is 12.6. The molecule has 26 heavy (non-hydrogen) atoms. The lowest BCUT2D eigenvalue weighted by Crippen LogP contribution is -2.46. The van der Waals surface area contributed by atoms with Crippen LogP contribution in [0, 0.1) is 6.92 Å². The number of carbonyl (C=O) groups is 1. The molecular formula is C20H18N2O3S. The Balaban J connectivity index is 1.49. The van der Waals surface area contributed by atoms with Gasteiger partial charge in [0.1, 0.15) is 6.10 Å².